The van der Waals surface area contributed by atoms with Crippen molar-refractivity contribution in [2.75, 3.05) is 0 Å². The van der Waals surface area contributed by atoms with Crippen LogP contribution in [0.5, 0.6) is 5.75 Å². The Balaban J connectivity index is 1.63. The number of halogens is 3. The average Bonchev–Trinajstić information content (AvgIpc) is 3.30. The Morgan fingerprint density at radius 2 is 1.88 bits per heavy atom. The van der Waals surface area contributed by atoms with Crippen molar-refractivity contribution in [3.63, 3.8) is 0 Å². The molecular weight excluding hydrogens is 521 g/mol. The number of aryl methyl sites for hydroxylation is 1. The number of fused-ring (bicyclic) bond motifs is 1. The highest BCUT2D eigenvalue weighted by molar-refractivity contribution is 5.97. The Bertz CT molecular complexity index is 1690. The molecule has 202 valence electrons. The third kappa shape index (κ3) is 6.80. The number of nitrogens with zero attached hydrogens (tertiary/aromatic N) is 1. The number of nitrogens with two attached hydrogens (primary N) is 1. The van der Waals surface area contributed by atoms with Crippen molar-refractivity contribution < 1.29 is 27.5 Å². The molecule has 0 fully saturated rings. The number of alkyl halides is 3. The van der Waals surface area contributed by atoms with Crippen LogP contribution in [0.1, 0.15) is 49.4 Å². The van der Waals surface area contributed by atoms with Gasteiger partial charge in [-0.25, -0.2) is 0 Å². The Hall–Kier alpha value is -5.22. The lowest BCUT2D eigenvalue weighted by Crippen LogP contribution is -2.36. The van der Waals surface area contributed by atoms with Gasteiger partial charge in [-0.3, -0.25) is 9.59 Å². The molecule has 10 heteroatoms. The van der Waals surface area contributed by atoms with Crippen molar-refractivity contribution in [1.29, 1.82) is 5.26 Å². The number of benzene rings is 3. The molecule has 1 aromatic heterocycles. The zero-order valence-electron chi connectivity index (χ0n) is 21.2. The van der Waals surface area contributed by atoms with E-state index in [2.05, 4.69) is 26.9 Å². The minimum Gasteiger partial charge on any atom is -0.405 e. The number of nitrogens with one attached hydrogen (secondary N) is 2. The van der Waals surface area contributed by atoms with E-state index in [0.717, 1.165) is 22.5 Å². The Labute approximate surface area is 227 Å². The predicted molar refractivity (Wildman–Crippen MR) is 142 cm³/mol. The van der Waals surface area contributed by atoms with E-state index in [1.54, 1.807) is 25.3 Å². The zero-order valence-corrected chi connectivity index (χ0v) is 21.2. The van der Waals surface area contributed by atoms with E-state index < -0.39 is 30.0 Å². The van der Waals surface area contributed by atoms with Crippen LogP contribution >= 0.6 is 0 Å². The van der Waals surface area contributed by atoms with Gasteiger partial charge in [0.1, 0.15) is 5.75 Å². The van der Waals surface area contributed by atoms with Gasteiger partial charge in [0.2, 0.25) is 5.91 Å². The molecule has 2 amide bonds. The lowest BCUT2D eigenvalue weighted by molar-refractivity contribution is -0.274. The van der Waals surface area contributed by atoms with Crippen molar-refractivity contribution in [2.45, 2.75) is 32.2 Å². The van der Waals surface area contributed by atoms with Crippen LogP contribution in [-0.2, 0) is 6.42 Å². The number of H-pyrrole nitrogens is 1. The van der Waals surface area contributed by atoms with Crippen molar-refractivity contribution in [3.05, 3.63) is 100 Å². The standard InChI is InChI=1S/C30H23F3N4O3/c1-18-14-21(28(35)38)10-9-20(18)8-6-19-7-11-27(40-30(31,32)33)25(15-19)29(39)37-23(12-13-34)16-22-17-36-26-5-3-2-4-24(22)26/h2-5,7,9-11,14-15,17,23,36H,12,16H2,1H3,(H2,35,38)(H,37,39). The van der Waals surface area contributed by atoms with Crippen molar-refractivity contribution in [1.82, 2.24) is 10.3 Å². The summed E-state index contributed by atoms with van der Waals surface area (Å²) >= 11 is 0. The van der Waals surface area contributed by atoms with Gasteiger partial charge in [-0.05, 0) is 66.9 Å². The maximum absolute atomic E-state index is 13.2. The first-order valence-corrected chi connectivity index (χ1v) is 12.1. The number of para-hydroxylation sites is 1. The average molecular weight is 545 g/mol. The van der Waals surface area contributed by atoms with E-state index in [9.17, 15) is 28.0 Å². The fourth-order valence-corrected chi connectivity index (χ4v) is 4.21. The van der Waals surface area contributed by atoms with E-state index in [-0.39, 0.29) is 24.0 Å². The van der Waals surface area contributed by atoms with Crippen LogP contribution in [0.25, 0.3) is 10.9 Å². The van der Waals surface area contributed by atoms with E-state index in [1.165, 1.54) is 18.2 Å². The molecule has 1 heterocycles. The summed E-state index contributed by atoms with van der Waals surface area (Å²) in [4.78, 5) is 27.7. The van der Waals surface area contributed by atoms with Gasteiger partial charge in [-0.1, -0.05) is 30.0 Å². The number of hydrogen-bond donors (Lipinski definition) is 3. The molecule has 0 saturated heterocycles. The number of aromatic nitrogens is 1. The summed E-state index contributed by atoms with van der Waals surface area (Å²) in [6.45, 7) is 1.73. The second-order valence-corrected chi connectivity index (χ2v) is 9.00. The fraction of sp³-hybridized carbons (Fsp3) is 0.167. The number of amides is 2. The summed E-state index contributed by atoms with van der Waals surface area (Å²) in [5, 5.41) is 12.9. The molecule has 0 radical (unpaired) electrons. The fourth-order valence-electron chi connectivity index (χ4n) is 4.21. The minimum atomic E-state index is -5.03. The number of rotatable bonds is 7. The summed E-state index contributed by atoms with van der Waals surface area (Å²) < 4.78 is 43.4. The molecule has 0 aliphatic heterocycles. The quantitative estimate of drug-likeness (QED) is 0.279. The van der Waals surface area contributed by atoms with Gasteiger partial charge in [-0.2, -0.15) is 5.26 Å². The first kappa shape index (κ1) is 27.8. The van der Waals surface area contributed by atoms with Gasteiger partial charge >= 0.3 is 6.36 Å². The molecule has 4 N–H and O–H groups in total. The highest BCUT2D eigenvalue weighted by Gasteiger charge is 2.33. The highest BCUT2D eigenvalue weighted by Crippen LogP contribution is 2.28. The van der Waals surface area contributed by atoms with Crippen LogP contribution in [0.15, 0.2) is 66.9 Å². The molecule has 4 aromatic rings. The van der Waals surface area contributed by atoms with Crippen LogP contribution in [0.2, 0.25) is 0 Å². The van der Waals surface area contributed by atoms with Crippen molar-refractivity contribution in [3.8, 4) is 23.7 Å². The molecular formula is C30H23F3N4O3. The third-order valence-electron chi connectivity index (χ3n) is 6.12. The second kappa shape index (κ2) is 11.7. The van der Waals surface area contributed by atoms with Gasteiger partial charge in [0.05, 0.1) is 18.1 Å². The summed E-state index contributed by atoms with van der Waals surface area (Å²) in [6.07, 6.45) is -3.05. The molecule has 7 nitrogen and oxygen atoms in total. The van der Waals surface area contributed by atoms with Gasteiger partial charge in [0.15, 0.2) is 0 Å². The van der Waals surface area contributed by atoms with Crippen LogP contribution in [0.3, 0.4) is 0 Å². The number of aromatic amines is 1. The molecule has 0 spiro atoms. The number of ether oxygens (including phenoxy) is 1. The number of hydrogen-bond acceptors (Lipinski definition) is 4. The zero-order chi connectivity index (χ0) is 28.9. The first-order valence-electron chi connectivity index (χ1n) is 12.1. The number of primary amides is 1. The second-order valence-electron chi connectivity index (χ2n) is 9.00. The molecule has 1 atom stereocenters. The van der Waals surface area contributed by atoms with E-state index in [4.69, 9.17) is 5.73 Å². The molecule has 0 aliphatic carbocycles. The summed E-state index contributed by atoms with van der Waals surface area (Å²) in [7, 11) is 0. The Kier molecular flexibility index (Phi) is 8.11. The third-order valence-corrected chi connectivity index (χ3v) is 6.12. The van der Waals surface area contributed by atoms with Gasteiger partial charge in [0, 0.05) is 39.8 Å². The topological polar surface area (TPSA) is 121 Å². The lowest BCUT2D eigenvalue weighted by atomic mass is 10.0. The van der Waals surface area contributed by atoms with Crippen LogP contribution < -0.4 is 15.8 Å². The molecule has 0 saturated carbocycles. The number of carbonyl (C=O) groups is 2. The Morgan fingerprint density at radius 1 is 1.10 bits per heavy atom. The minimum absolute atomic E-state index is 0.0687. The smallest absolute Gasteiger partial charge is 0.405 e. The molecule has 3 aromatic carbocycles. The Morgan fingerprint density at radius 3 is 2.58 bits per heavy atom. The van der Waals surface area contributed by atoms with Gasteiger partial charge in [0.25, 0.3) is 5.91 Å². The SMILES string of the molecule is Cc1cc(C(N)=O)ccc1C#Cc1ccc(OC(F)(F)F)c(C(=O)NC(CC#N)Cc2c[nH]c3ccccc23)c1. The number of nitriles is 1. The van der Waals surface area contributed by atoms with Crippen LogP contribution in [-0.4, -0.2) is 29.2 Å². The molecule has 1 unspecified atom stereocenters. The summed E-state index contributed by atoms with van der Waals surface area (Å²) in [5.74, 6) is 3.60. The number of carbonyl (C=O) groups excluding carboxylic acids is 2. The molecule has 0 bridgehead atoms. The first-order chi connectivity index (χ1) is 19.0. The monoisotopic (exact) mass is 544 g/mol. The molecule has 4 rings (SSSR count). The summed E-state index contributed by atoms with van der Waals surface area (Å²) in [5.41, 5.74) is 8.45. The van der Waals surface area contributed by atoms with Crippen molar-refractivity contribution in [2.24, 2.45) is 5.73 Å². The van der Waals surface area contributed by atoms with Crippen LogP contribution in [0.4, 0.5) is 13.2 Å². The van der Waals surface area contributed by atoms with Gasteiger partial charge < -0.3 is 20.8 Å². The maximum atomic E-state index is 13.2. The van der Waals surface area contributed by atoms with Crippen molar-refractivity contribution >= 4 is 22.7 Å². The molecule has 40 heavy (non-hydrogen) atoms. The largest absolute Gasteiger partial charge is 0.573 e. The van der Waals surface area contributed by atoms with Crippen LogP contribution in [0, 0.1) is 30.1 Å². The predicted octanol–water partition coefficient (Wildman–Crippen LogP) is 5.13. The maximum Gasteiger partial charge on any atom is 0.573 e. The van der Waals surface area contributed by atoms with E-state index >= 15 is 0 Å². The lowest BCUT2D eigenvalue weighted by Gasteiger charge is -2.18. The summed E-state index contributed by atoms with van der Waals surface area (Å²) in [6, 6.07) is 17.1. The normalized spacial score (nSPS) is 11.7. The van der Waals surface area contributed by atoms with Gasteiger partial charge in [-0.15, -0.1) is 13.2 Å². The molecule has 0 aliphatic rings. The highest BCUT2D eigenvalue weighted by atomic mass is 19.4. The van der Waals surface area contributed by atoms with E-state index in [0.29, 0.717) is 16.7 Å². The van der Waals surface area contributed by atoms with E-state index in [1.807, 2.05) is 30.3 Å².